The van der Waals surface area contributed by atoms with Crippen LogP contribution in [0, 0.1) is 5.82 Å². The molecule has 0 aliphatic carbocycles. The molecule has 0 fully saturated rings. The second kappa shape index (κ2) is 8.82. The van der Waals surface area contributed by atoms with Crippen molar-refractivity contribution >= 4 is 11.9 Å². The maximum absolute atomic E-state index is 13.1. The molecule has 2 aromatic carbocycles. The van der Waals surface area contributed by atoms with Crippen molar-refractivity contribution in [2.75, 3.05) is 6.61 Å². The van der Waals surface area contributed by atoms with E-state index in [9.17, 15) is 14.0 Å². The van der Waals surface area contributed by atoms with Gasteiger partial charge in [-0.05, 0) is 30.2 Å². The van der Waals surface area contributed by atoms with Crippen LogP contribution in [0.1, 0.15) is 41.7 Å². The van der Waals surface area contributed by atoms with Gasteiger partial charge in [-0.2, -0.15) is 0 Å². The van der Waals surface area contributed by atoms with Crippen molar-refractivity contribution in [3.8, 4) is 0 Å². The highest BCUT2D eigenvalue weighted by Crippen LogP contribution is 2.17. The number of rotatable bonds is 7. The fourth-order valence-electron chi connectivity index (χ4n) is 2.36. The molecule has 0 aromatic heterocycles. The highest BCUT2D eigenvalue weighted by molar-refractivity contribution is 5.91. The number of halogens is 1. The van der Waals surface area contributed by atoms with E-state index in [1.165, 1.54) is 18.2 Å². The van der Waals surface area contributed by atoms with Gasteiger partial charge in [0.2, 0.25) is 0 Å². The molecule has 1 unspecified atom stereocenters. The third kappa shape index (κ3) is 5.19. The summed E-state index contributed by atoms with van der Waals surface area (Å²) in [6.45, 7) is 1.63. The lowest BCUT2D eigenvalue weighted by atomic mass is 10.0. The monoisotopic (exact) mass is 329 g/mol. The number of carbonyl (C=O) groups excluding carboxylic acids is 2. The van der Waals surface area contributed by atoms with Gasteiger partial charge in [0.25, 0.3) is 5.91 Å². The lowest BCUT2D eigenvalue weighted by Gasteiger charge is -2.18. The molecule has 2 rings (SSSR count). The number of nitrogens with one attached hydrogen (secondary N) is 1. The van der Waals surface area contributed by atoms with Crippen LogP contribution in [0.5, 0.6) is 0 Å². The van der Waals surface area contributed by atoms with E-state index >= 15 is 0 Å². The number of amides is 1. The van der Waals surface area contributed by atoms with Crippen LogP contribution in [0.15, 0.2) is 54.6 Å². The average Bonchev–Trinajstić information content (AvgIpc) is 2.60. The fourth-order valence-corrected chi connectivity index (χ4v) is 2.36. The van der Waals surface area contributed by atoms with Crippen LogP contribution in [0.4, 0.5) is 4.39 Å². The summed E-state index contributed by atoms with van der Waals surface area (Å²) >= 11 is 0. The highest BCUT2D eigenvalue weighted by Gasteiger charge is 2.15. The molecule has 0 saturated carbocycles. The molecule has 2 aromatic rings. The number of hydrogen-bond acceptors (Lipinski definition) is 3. The van der Waals surface area contributed by atoms with Crippen molar-refractivity contribution < 1.29 is 18.7 Å². The van der Waals surface area contributed by atoms with E-state index in [1.54, 1.807) is 0 Å². The first kappa shape index (κ1) is 17.7. The van der Waals surface area contributed by atoms with E-state index in [0.717, 1.165) is 24.5 Å². The lowest BCUT2D eigenvalue weighted by Crippen LogP contribution is -2.32. The molecule has 0 aliphatic heterocycles. The standard InChI is InChI=1S/C19H20FNO3/c1-2-7-17(14-8-4-3-5-9-14)21-18(22)13-24-19(23)15-10-6-11-16(20)12-15/h3-6,8-12,17H,2,7,13H2,1H3,(H,21,22). The molecular weight excluding hydrogens is 309 g/mol. The summed E-state index contributed by atoms with van der Waals surface area (Å²) < 4.78 is 18.0. The number of hydrogen-bond donors (Lipinski definition) is 1. The molecule has 126 valence electrons. The summed E-state index contributed by atoms with van der Waals surface area (Å²) in [5.41, 5.74) is 1.08. The van der Waals surface area contributed by atoms with Crippen LogP contribution < -0.4 is 5.32 Å². The Kier molecular flexibility index (Phi) is 6.49. The topological polar surface area (TPSA) is 55.4 Å². The zero-order valence-electron chi connectivity index (χ0n) is 13.5. The van der Waals surface area contributed by atoms with Gasteiger partial charge in [0.1, 0.15) is 5.82 Å². The zero-order valence-corrected chi connectivity index (χ0v) is 13.5. The Hall–Kier alpha value is -2.69. The number of carbonyl (C=O) groups is 2. The molecule has 0 saturated heterocycles. The van der Waals surface area contributed by atoms with Crippen molar-refractivity contribution in [3.05, 3.63) is 71.5 Å². The minimum absolute atomic E-state index is 0.0796. The Balaban J connectivity index is 1.90. The van der Waals surface area contributed by atoms with Crippen molar-refractivity contribution in [3.63, 3.8) is 0 Å². The molecule has 24 heavy (non-hydrogen) atoms. The summed E-state index contributed by atoms with van der Waals surface area (Å²) in [5.74, 6) is -1.64. The van der Waals surface area contributed by atoms with Gasteiger partial charge in [0.15, 0.2) is 6.61 Å². The van der Waals surface area contributed by atoms with Gasteiger partial charge in [-0.3, -0.25) is 4.79 Å². The maximum atomic E-state index is 13.1. The molecule has 1 N–H and O–H groups in total. The van der Waals surface area contributed by atoms with Crippen LogP contribution in [0.25, 0.3) is 0 Å². The SMILES string of the molecule is CCCC(NC(=O)COC(=O)c1cccc(F)c1)c1ccccc1. The Bertz CT molecular complexity index is 688. The van der Waals surface area contributed by atoms with Crippen LogP contribution in [-0.4, -0.2) is 18.5 Å². The van der Waals surface area contributed by atoms with Crippen LogP contribution in [0.2, 0.25) is 0 Å². The van der Waals surface area contributed by atoms with Crippen molar-refractivity contribution in [1.29, 1.82) is 0 Å². The van der Waals surface area contributed by atoms with Gasteiger partial charge in [-0.25, -0.2) is 9.18 Å². The molecule has 0 heterocycles. The van der Waals surface area contributed by atoms with Gasteiger partial charge < -0.3 is 10.1 Å². The van der Waals surface area contributed by atoms with Gasteiger partial charge >= 0.3 is 5.97 Å². The summed E-state index contributed by atoms with van der Waals surface area (Å²) in [6, 6.07) is 14.7. The third-order valence-corrected chi connectivity index (χ3v) is 3.51. The quantitative estimate of drug-likeness (QED) is 0.789. The lowest BCUT2D eigenvalue weighted by molar-refractivity contribution is -0.125. The molecule has 0 radical (unpaired) electrons. The molecule has 5 heteroatoms. The summed E-state index contributed by atoms with van der Waals surface area (Å²) in [4.78, 5) is 23.9. The molecular formula is C19H20FNO3. The maximum Gasteiger partial charge on any atom is 0.338 e. The number of ether oxygens (including phenoxy) is 1. The molecule has 0 spiro atoms. The number of benzene rings is 2. The summed E-state index contributed by atoms with van der Waals surface area (Å²) in [5, 5.41) is 2.86. The highest BCUT2D eigenvalue weighted by atomic mass is 19.1. The average molecular weight is 329 g/mol. The van der Waals surface area contributed by atoms with Gasteiger partial charge in [-0.1, -0.05) is 49.7 Å². The first-order chi connectivity index (χ1) is 11.6. The molecule has 0 aliphatic rings. The Morgan fingerprint density at radius 3 is 2.54 bits per heavy atom. The smallest absolute Gasteiger partial charge is 0.338 e. The van der Waals surface area contributed by atoms with Crippen molar-refractivity contribution in [1.82, 2.24) is 5.32 Å². The summed E-state index contributed by atoms with van der Waals surface area (Å²) in [7, 11) is 0. The second-order valence-corrected chi connectivity index (χ2v) is 5.41. The van der Waals surface area contributed by atoms with Gasteiger partial charge in [0.05, 0.1) is 11.6 Å². The predicted octanol–water partition coefficient (Wildman–Crippen LogP) is 3.64. The van der Waals surface area contributed by atoms with E-state index in [0.29, 0.717) is 0 Å². The van der Waals surface area contributed by atoms with Crippen molar-refractivity contribution in [2.24, 2.45) is 0 Å². The molecule has 1 atom stereocenters. The minimum atomic E-state index is -0.726. The normalized spacial score (nSPS) is 11.6. The minimum Gasteiger partial charge on any atom is -0.452 e. The predicted molar refractivity (Wildman–Crippen MR) is 88.9 cm³/mol. The third-order valence-electron chi connectivity index (χ3n) is 3.51. The second-order valence-electron chi connectivity index (χ2n) is 5.41. The molecule has 1 amide bonds. The van der Waals surface area contributed by atoms with Gasteiger partial charge in [-0.15, -0.1) is 0 Å². The fraction of sp³-hybridized carbons (Fsp3) is 0.263. The van der Waals surface area contributed by atoms with Crippen molar-refractivity contribution in [2.45, 2.75) is 25.8 Å². The van der Waals surface area contributed by atoms with E-state index in [-0.39, 0.29) is 17.5 Å². The van der Waals surface area contributed by atoms with Crippen LogP contribution >= 0.6 is 0 Å². The Morgan fingerprint density at radius 2 is 1.88 bits per heavy atom. The first-order valence-corrected chi connectivity index (χ1v) is 7.87. The number of esters is 1. The zero-order chi connectivity index (χ0) is 17.4. The molecule has 4 nitrogen and oxygen atoms in total. The van der Waals surface area contributed by atoms with Gasteiger partial charge in [0, 0.05) is 0 Å². The Morgan fingerprint density at radius 1 is 1.12 bits per heavy atom. The van der Waals surface area contributed by atoms with Crippen LogP contribution in [-0.2, 0) is 9.53 Å². The van der Waals surface area contributed by atoms with E-state index in [2.05, 4.69) is 5.32 Å². The Labute approximate surface area is 140 Å². The largest absolute Gasteiger partial charge is 0.452 e. The molecule has 0 bridgehead atoms. The van der Waals surface area contributed by atoms with E-state index in [4.69, 9.17) is 4.74 Å². The van der Waals surface area contributed by atoms with E-state index < -0.39 is 18.4 Å². The van der Waals surface area contributed by atoms with Crippen LogP contribution in [0.3, 0.4) is 0 Å². The van der Waals surface area contributed by atoms with E-state index in [1.807, 2.05) is 37.3 Å². The first-order valence-electron chi connectivity index (χ1n) is 7.87. The summed E-state index contributed by atoms with van der Waals surface area (Å²) in [6.07, 6.45) is 1.69.